The Morgan fingerprint density at radius 1 is 1.17 bits per heavy atom. The molecule has 6 heteroatoms. The maximum atomic E-state index is 12.1. The van der Waals surface area contributed by atoms with Crippen molar-refractivity contribution in [2.24, 2.45) is 5.10 Å². The van der Waals surface area contributed by atoms with Gasteiger partial charge in [0.2, 0.25) is 0 Å². The van der Waals surface area contributed by atoms with Gasteiger partial charge in [0.1, 0.15) is 5.75 Å². The van der Waals surface area contributed by atoms with Gasteiger partial charge in [-0.3, -0.25) is 4.79 Å². The van der Waals surface area contributed by atoms with E-state index in [2.05, 4.69) is 15.5 Å². The number of aryl methyl sites for hydroxylation is 2. The number of hydrazone groups is 1. The van der Waals surface area contributed by atoms with Crippen LogP contribution in [0.4, 0.5) is 0 Å². The molecule has 0 spiro atoms. The monoisotopic (exact) mass is 387 g/mol. The molecule has 2 N–H and O–H groups in total. The molecule has 4 aromatic rings. The highest BCUT2D eigenvalue weighted by Crippen LogP contribution is 2.30. The second-order valence-corrected chi connectivity index (χ2v) is 6.82. The van der Waals surface area contributed by atoms with E-state index in [0.29, 0.717) is 5.75 Å². The molecule has 1 amide bonds. The molecule has 2 aromatic carbocycles. The van der Waals surface area contributed by atoms with Crippen LogP contribution in [0.1, 0.15) is 16.7 Å². The van der Waals surface area contributed by atoms with Gasteiger partial charge in [-0.15, -0.1) is 0 Å². The molecule has 2 heterocycles. The van der Waals surface area contributed by atoms with Gasteiger partial charge in [0.05, 0.1) is 18.7 Å². The molecule has 0 fully saturated rings. The number of nitrogens with zero attached hydrogens (tertiary/aromatic N) is 1. The maximum absolute atomic E-state index is 12.1. The number of hydrogen-bond donors (Lipinski definition) is 2. The van der Waals surface area contributed by atoms with Crippen LogP contribution in [0.15, 0.2) is 70.7 Å². The van der Waals surface area contributed by atoms with Crippen LogP contribution in [0, 0.1) is 13.8 Å². The van der Waals surface area contributed by atoms with Crippen LogP contribution in [-0.2, 0) is 4.79 Å². The van der Waals surface area contributed by atoms with E-state index < -0.39 is 0 Å². The number of nitrogens with one attached hydrogen (secondary N) is 2. The zero-order chi connectivity index (χ0) is 20.2. The van der Waals surface area contributed by atoms with Crippen LogP contribution in [0.2, 0.25) is 0 Å². The number of rotatable bonds is 6. The number of aromatic amines is 1. The summed E-state index contributed by atoms with van der Waals surface area (Å²) in [6, 6.07) is 13.8. The first kappa shape index (κ1) is 18.6. The summed E-state index contributed by atoms with van der Waals surface area (Å²) in [6.07, 6.45) is 6.85. The van der Waals surface area contributed by atoms with Crippen LogP contribution in [0.25, 0.3) is 22.0 Å². The number of furan rings is 1. The quantitative estimate of drug-likeness (QED) is 0.376. The summed E-state index contributed by atoms with van der Waals surface area (Å²) in [6.45, 7) is 3.80. The topological polar surface area (TPSA) is 79.6 Å². The number of carbonyl (C=O) groups excluding carboxylic acids is 1. The standard InChI is InChI=1S/C23H21N3O3/c1-15-10-19(18-7-9-28-13-18)11-16(2)23(15)29-14-22(27)26-25-12-17-4-3-5-21-20(17)6-8-24-21/h3-13,24H,14H2,1-2H3,(H,26,27)/b25-12+. The third-order valence-electron chi connectivity index (χ3n) is 4.68. The fourth-order valence-electron chi connectivity index (χ4n) is 3.34. The zero-order valence-corrected chi connectivity index (χ0v) is 16.2. The molecular formula is C23H21N3O3. The Labute approximate surface area is 168 Å². The van der Waals surface area contributed by atoms with Gasteiger partial charge in [-0.2, -0.15) is 5.10 Å². The molecule has 6 nitrogen and oxygen atoms in total. The van der Waals surface area contributed by atoms with E-state index in [4.69, 9.17) is 9.15 Å². The van der Waals surface area contributed by atoms with Crippen molar-refractivity contribution in [1.82, 2.24) is 10.4 Å². The minimum Gasteiger partial charge on any atom is -0.483 e. The van der Waals surface area contributed by atoms with Crippen LogP contribution in [0.5, 0.6) is 5.75 Å². The van der Waals surface area contributed by atoms with Crippen molar-refractivity contribution in [3.63, 3.8) is 0 Å². The highest BCUT2D eigenvalue weighted by molar-refractivity contribution is 5.98. The molecule has 0 atom stereocenters. The van der Waals surface area contributed by atoms with E-state index in [0.717, 1.165) is 38.7 Å². The molecule has 0 bridgehead atoms. The molecule has 0 radical (unpaired) electrons. The number of hydrogen-bond acceptors (Lipinski definition) is 4. The fourth-order valence-corrected chi connectivity index (χ4v) is 3.34. The number of ether oxygens (including phenoxy) is 1. The normalized spacial score (nSPS) is 11.2. The lowest BCUT2D eigenvalue weighted by molar-refractivity contribution is -0.123. The third kappa shape index (κ3) is 4.06. The maximum Gasteiger partial charge on any atom is 0.277 e. The van der Waals surface area contributed by atoms with E-state index in [9.17, 15) is 4.79 Å². The summed E-state index contributed by atoms with van der Waals surface area (Å²) >= 11 is 0. The predicted octanol–water partition coefficient (Wildman–Crippen LogP) is 4.57. The first-order valence-electron chi connectivity index (χ1n) is 9.26. The number of benzene rings is 2. The Morgan fingerprint density at radius 2 is 2.00 bits per heavy atom. The lowest BCUT2D eigenvalue weighted by Crippen LogP contribution is -2.25. The van der Waals surface area contributed by atoms with Crippen molar-refractivity contribution in [1.29, 1.82) is 0 Å². The Morgan fingerprint density at radius 3 is 2.76 bits per heavy atom. The van der Waals surface area contributed by atoms with Gasteiger partial charge in [-0.25, -0.2) is 5.43 Å². The lowest BCUT2D eigenvalue weighted by Gasteiger charge is -2.13. The Hall–Kier alpha value is -3.80. The number of aromatic nitrogens is 1. The van der Waals surface area contributed by atoms with Crippen LogP contribution < -0.4 is 10.2 Å². The van der Waals surface area contributed by atoms with Gasteiger partial charge in [-0.1, -0.05) is 12.1 Å². The molecule has 0 saturated carbocycles. The molecule has 29 heavy (non-hydrogen) atoms. The highest BCUT2D eigenvalue weighted by atomic mass is 16.5. The largest absolute Gasteiger partial charge is 0.483 e. The zero-order valence-electron chi connectivity index (χ0n) is 16.2. The number of amides is 1. The van der Waals surface area contributed by atoms with E-state index in [1.165, 1.54) is 0 Å². The molecular weight excluding hydrogens is 366 g/mol. The summed E-state index contributed by atoms with van der Waals surface area (Å²) < 4.78 is 10.9. The van der Waals surface area contributed by atoms with Gasteiger partial charge in [0, 0.05) is 28.2 Å². The summed E-state index contributed by atoms with van der Waals surface area (Å²) in [5.41, 5.74) is 8.43. The van der Waals surface area contributed by atoms with Gasteiger partial charge >= 0.3 is 0 Å². The minimum absolute atomic E-state index is 0.113. The second kappa shape index (κ2) is 8.06. The Balaban J connectivity index is 1.38. The average molecular weight is 387 g/mol. The average Bonchev–Trinajstić information content (AvgIpc) is 3.39. The van der Waals surface area contributed by atoms with Crippen molar-refractivity contribution in [2.45, 2.75) is 13.8 Å². The van der Waals surface area contributed by atoms with Crippen molar-refractivity contribution in [3.05, 3.63) is 77.9 Å². The van der Waals surface area contributed by atoms with Crippen molar-refractivity contribution < 1.29 is 13.9 Å². The predicted molar refractivity (Wildman–Crippen MR) is 113 cm³/mol. The number of fused-ring (bicyclic) bond motifs is 1. The molecule has 0 aliphatic rings. The molecule has 0 saturated heterocycles. The summed E-state index contributed by atoms with van der Waals surface area (Å²) in [4.78, 5) is 15.3. The molecule has 2 aromatic heterocycles. The smallest absolute Gasteiger partial charge is 0.277 e. The fraction of sp³-hybridized carbons (Fsp3) is 0.130. The van der Waals surface area contributed by atoms with Crippen molar-refractivity contribution in [3.8, 4) is 16.9 Å². The first-order valence-corrected chi connectivity index (χ1v) is 9.26. The van der Waals surface area contributed by atoms with E-state index >= 15 is 0 Å². The molecule has 0 unspecified atom stereocenters. The highest BCUT2D eigenvalue weighted by Gasteiger charge is 2.10. The molecule has 0 aliphatic heterocycles. The van der Waals surface area contributed by atoms with Crippen LogP contribution >= 0.6 is 0 Å². The van der Waals surface area contributed by atoms with Gasteiger partial charge in [0.15, 0.2) is 6.61 Å². The number of H-pyrrole nitrogens is 1. The Kier molecular flexibility index (Phi) is 5.16. The molecule has 4 rings (SSSR count). The number of carbonyl (C=O) groups is 1. The minimum atomic E-state index is -0.319. The van der Waals surface area contributed by atoms with E-state index in [-0.39, 0.29) is 12.5 Å². The first-order chi connectivity index (χ1) is 14.1. The Bertz CT molecular complexity index is 1150. The van der Waals surface area contributed by atoms with Gasteiger partial charge in [-0.05, 0) is 60.9 Å². The summed E-state index contributed by atoms with van der Waals surface area (Å²) in [5, 5.41) is 5.09. The van der Waals surface area contributed by atoms with E-state index in [1.54, 1.807) is 18.7 Å². The molecule has 0 aliphatic carbocycles. The van der Waals surface area contributed by atoms with Crippen LogP contribution in [-0.4, -0.2) is 23.7 Å². The second-order valence-electron chi connectivity index (χ2n) is 6.82. The summed E-state index contributed by atoms with van der Waals surface area (Å²) in [7, 11) is 0. The third-order valence-corrected chi connectivity index (χ3v) is 4.68. The van der Waals surface area contributed by atoms with Gasteiger partial charge < -0.3 is 14.1 Å². The van der Waals surface area contributed by atoms with Crippen LogP contribution in [0.3, 0.4) is 0 Å². The van der Waals surface area contributed by atoms with Crippen molar-refractivity contribution >= 4 is 23.0 Å². The van der Waals surface area contributed by atoms with Crippen molar-refractivity contribution in [2.75, 3.05) is 6.61 Å². The summed E-state index contributed by atoms with van der Waals surface area (Å²) in [5.74, 6) is 0.383. The van der Waals surface area contributed by atoms with Gasteiger partial charge in [0.25, 0.3) is 5.91 Å². The van der Waals surface area contributed by atoms with E-state index in [1.807, 2.05) is 62.5 Å². The lowest BCUT2D eigenvalue weighted by atomic mass is 10.0. The molecule has 146 valence electrons. The SMILES string of the molecule is Cc1cc(-c2ccoc2)cc(C)c1OCC(=O)N/N=C/c1cccc2[nH]ccc12.